The number of aliphatic carboxylic acids is 1. The molecule has 176 valence electrons. The highest BCUT2D eigenvalue weighted by atomic mass is 35.5. The maximum atomic E-state index is 12.9. The van der Waals surface area contributed by atoms with Gasteiger partial charge in [-0.2, -0.15) is 23.4 Å². The first-order chi connectivity index (χ1) is 15.5. The van der Waals surface area contributed by atoms with E-state index in [1.54, 1.807) is 23.0 Å². The Morgan fingerprint density at radius 2 is 1.97 bits per heavy atom. The van der Waals surface area contributed by atoms with E-state index in [0.717, 1.165) is 30.8 Å². The number of carbonyl (C=O) groups is 2. The lowest BCUT2D eigenvalue weighted by atomic mass is 10.1. The Kier molecular flexibility index (Phi) is 7.25. The van der Waals surface area contributed by atoms with Gasteiger partial charge in [-0.05, 0) is 25.1 Å². The Bertz CT molecular complexity index is 1190. The van der Waals surface area contributed by atoms with Crippen LogP contribution in [0.25, 0.3) is 5.82 Å². The maximum absolute atomic E-state index is 12.9. The fraction of sp³-hybridized carbons (Fsp3) is 0.278. The smallest absolute Gasteiger partial charge is 0.475 e. The van der Waals surface area contributed by atoms with E-state index >= 15 is 0 Å². The number of carbonyl (C=O) groups excluding carboxylic acids is 1. The van der Waals surface area contributed by atoms with Crippen LogP contribution in [-0.4, -0.2) is 54.2 Å². The third-order valence-corrected chi connectivity index (χ3v) is 4.93. The summed E-state index contributed by atoms with van der Waals surface area (Å²) < 4.78 is 34.8. The molecule has 0 saturated heterocycles. The summed E-state index contributed by atoms with van der Waals surface area (Å²) in [6.45, 7) is 1.57. The van der Waals surface area contributed by atoms with Crippen LogP contribution < -0.4 is 10.6 Å². The highest BCUT2D eigenvalue weighted by molar-refractivity contribution is 6.32. The van der Waals surface area contributed by atoms with Crippen LogP contribution in [-0.2, 0) is 24.8 Å². The molecule has 0 atom stereocenters. The number of aromatic nitrogens is 5. The van der Waals surface area contributed by atoms with Gasteiger partial charge in [0.25, 0.3) is 5.91 Å². The molecule has 33 heavy (non-hydrogen) atoms. The summed E-state index contributed by atoms with van der Waals surface area (Å²) in [7, 11) is 1.86. The molecule has 4 heterocycles. The Morgan fingerprint density at radius 1 is 1.27 bits per heavy atom. The molecule has 1 amide bonds. The molecule has 0 spiro atoms. The van der Waals surface area contributed by atoms with E-state index in [1.165, 1.54) is 10.7 Å². The number of nitrogens with one attached hydrogen (secondary N) is 2. The van der Waals surface area contributed by atoms with Crippen molar-refractivity contribution in [2.24, 2.45) is 7.05 Å². The van der Waals surface area contributed by atoms with Crippen LogP contribution in [0.2, 0.25) is 10.2 Å². The highest BCUT2D eigenvalue weighted by Crippen LogP contribution is 2.25. The lowest BCUT2D eigenvalue weighted by Crippen LogP contribution is -2.25. The molecule has 0 unspecified atom stereocenters. The molecule has 15 heteroatoms. The van der Waals surface area contributed by atoms with Gasteiger partial charge in [0.1, 0.15) is 5.69 Å². The zero-order valence-electron chi connectivity index (χ0n) is 16.8. The Hall–Kier alpha value is -3.16. The second-order valence-corrected chi connectivity index (χ2v) is 7.45. The molecular formula is C18H16Cl2F3N7O3. The number of carboxylic acid groups (broad SMARTS) is 1. The summed E-state index contributed by atoms with van der Waals surface area (Å²) in [5.74, 6) is -2.26. The molecule has 0 bridgehead atoms. The minimum Gasteiger partial charge on any atom is -0.475 e. The fourth-order valence-corrected chi connectivity index (χ4v) is 3.37. The van der Waals surface area contributed by atoms with Crippen LogP contribution in [0.3, 0.4) is 0 Å². The summed E-state index contributed by atoms with van der Waals surface area (Å²) in [6, 6.07) is 4.84. The van der Waals surface area contributed by atoms with Crippen molar-refractivity contribution in [2.45, 2.75) is 19.1 Å². The van der Waals surface area contributed by atoms with Crippen LogP contribution >= 0.6 is 23.2 Å². The monoisotopic (exact) mass is 505 g/mol. The number of anilines is 1. The van der Waals surface area contributed by atoms with Crippen molar-refractivity contribution in [3.63, 3.8) is 0 Å². The number of nitrogens with zero attached hydrogens (tertiary/aromatic N) is 5. The van der Waals surface area contributed by atoms with Gasteiger partial charge in [0.05, 0.1) is 10.7 Å². The number of alkyl halides is 3. The third kappa shape index (κ3) is 5.61. The Morgan fingerprint density at radius 3 is 2.61 bits per heavy atom. The van der Waals surface area contributed by atoms with Crippen molar-refractivity contribution < 1.29 is 27.9 Å². The summed E-state index contributed by atoms with van der Waals surface area (Å²) >= 11 is 12.2. The van der Waals surface area contributed by atoms with E-state index in [0.29, 0.717) is 16.7 Å². The van der Waals surface area contributed by atoms with Gasteiger partial charge >= 0.3 is 12.1 Å². The van der Waals surface area contributed by atoms with E-state index in [4.69, 9.17) is 33.1 Å². The second kappa shape index (κ2) is 9.77. The zero-order chi connectivity index (χ0) is 24.3. The number of pyridine rings is 1. The Labute approximate surface area is 194 Å². The van der Waals surface area contributed by atoms with Gasteiger partial charge in [-0.1, -0.05) is 23.2 Å². The fourth-order valence-electron chi connectivity index (χ4n) is 2.99. The molecule has 0 saturated carbocycles. The largest absolute Gasteiger partial charge is 0.490 e. The number of hydrogen-bond donors (Lipinski definition) is 3. The standard InChI is InChI=1S/C16H15Cl2N7O.C2HF3O2/c1-24-12-8-19-6-4-9(12)14(23-24)21-16(26)11-7-13(18)22-25(11)15-10(17)3-2-5-20-15;3-2(4,5)1(6)7/h2-3,5,7,19H,4,6,8H2,1H3,(H,21,23,26);(H,6,7). The van der Waals surface area contributed by atoms with Gasteiger partial charge in [-0.3, -0.25) is 9.48 Å². The topological polar surface area (TPSA) is 127 Å². The molecule has 4 rings (SSSR count). The summed E-state index contributed by atoms with van der Waals surface area (Å²) in [5, 5.41) is 22.4. The first kappa shape index (κ1) is 24.5. The van der Waals surface area contributed by atoms with Crippen molar-refractivity contribution in [3.8, 4) is 5.82 Å². The zero-order valence-corrected chi connectivity index (χ0v) is 18.3. The van der Waals surface area contributed by atoms with Crippen molar-refractivity contribution in [3.05, 3.63) is 51.5 Å². The average molecular weight is 506 g/mol. The van der Waals surface area contributed by atoms with Gasteiger partial charge in [0, 0.05) is 31.4 Å². The van der Waals surface area contributed by atoms with Crippen LogP contribution in [0, 0.1) is 0 Å². The molecule has 3 N–H and O–H groups in total. The first-order valence-electron chi connectivity index (χ1n) is 9.22. The van der Waals surface area contributed by atoms with Gasteiger partial charge in [-0.25, -0.2) is 14.5 Å². The minimum atomic E-state index is -5.08. The van der Waals surface area contributed by atoms with E-state index in [-0.39, 0.29) is 16.8 Å². The molecule has 3 aromatic rings. The molecule has 3 aromatic heterocycles. The number of hydrogen-bond acceptors (Lipinski definition) is 6. The number of aryl methyl sites for hydroxylation is 1. The number of rotatable bonds is 3. The van der Waals surface area contributed by atoms with E-state index in [9.17, 15) is 18.0 Å². The molecular weight excluding hydrogens is 490 g/mol. The van der Waals surface area contributed by atoms with Gasteiger partial charge in [0.15, 0.2) is 16.8 Å². The predicted octanol–water partition coefficient (Wildman–Crippen LogP) is 2.84. The molecule has 0 aromatic carbocycles. The molecule has 0 radical (unpaired) electrons. The van der Waals surface area contributed by atoms with Gasteiger partial charge < -0.3 is 15.7 Å². The average Bonchev–Trinajstić information content (AvgIpc) is 3.28. The van der Waals surface area contributed by atoms with Crippen molar-refractivity contribution in [1.82, 2.24) is 29.9 Å². The van der Waals surface area contributed by atoms with Crippen LogP contribution in [0.4, 0.5) is 19.0 Å². The normalized spacial score (nSPS) is 13.0. The lowest BCUT2D eigenvalue weighted by molar-refractivity contribution is -0.192. The number of amides is 1. The molecule has 0 fully saturated rings. The molecule has 1 aliphatic heterocycles. The van der Waals surface area contributed by atoms with Crippen LogP contribution in [0.15, 0.2) is 24.4 Å². The molecule has 10 nitrogen and oxygen atoms in total. The third-order valence-electron chi connectivity index (χ3n) is 4.45. The number of carboxylic acids is 1. The van der Waals surface area contributed by atoms with Gasteiger partial charge in [-0.15, -0.1) is 0 Å². The predicted molar refractivity (Wildman–Crippen MR) is 112 cm³/mol. The van der Waals surface area contributed by atoms with Crippen LogP contribution in [0.5, 0.6) is 0 Å². The number of fused-ring (bicyclic) bond motifs is 1. The number of halogens is 5. The quantitative estimate of drug-likeness (QED) is 0.499. The summed E-state index contributed by atoms with van der Waals surface area (Å²) in [4.78, 5) is 25.9. The molecule has 0 aliphatic carbocycles. The summed E-state index contributed by atoms with van der Waals surface area (Å²) in [5.41, 5.74) is 2.32. The Balaban J connectivity index is 0.000000383. The minimum absolute atomic E-state index is 0.170. The molecule has 1 aliphatic rings. The van der Waals surface area contributed by atoms with E-state index in [2.05, 4.69) is 25.8 Å². The maximum Gasteiger partial charge on any atom is 0.490 e. The van der Waals surface area contributed by atoms with E-state index < -0.39 is 12.1 Å². The highest BCUT2D eigenvalue weighted by Gasteiger charge is 2.38. The second-order valence-electron chi connectivity index (χ2n) is 6.65. The first-order valence-corrected chi connectivity index (χ1v) is 9.98. The van der Waals surface area contributed by atoms with E-state index in [1.807, 2.05) is 7.05 Å². The van der Waals surface area contributed by atoms with Gasteiger partial charge in [0.2, 0.25) is 0 Å². The van der Waals surface area contributed by atoms with Crippen molar-refractivity contribution in [1.29, 1.82) is 0 Å². The SMILES string of the molecule is Cn1nc(NC(=O)c2cc(Cl)nn2-c2ncccc2Cl)c2c1CNCC2.O=C(O)C(F)(F)F. The summed E-state index contributed by atoms with van der Waals surface area (Å²) in [6.07, 6.45) is -2.72. The van der Waals surface area contributed by atoms with Crippen LogP contribution in [0.1, 0.15) is 21.7 Å². The lowest BCUT2D eigenvalue weighted by Gasteiger charge is -2.14. The van der Waals surface area contributed by atoms with Crippen molar-refractivity contribution >= 4 is 40.9 Å². The van der Waals surface area contributed by atoms with Crippen molar-refractivity contribution in [2.75, 3.05) is 11.9 Å².